The zero-order chi connectivity index (χ0) is 21.9. The van der Waals surface area contributed by atoms with Crippen molar-refractivity contribution < 1.29 is 18.0 Å². The van der Waals surface area contributed by atoms with E-state index in [4.69, 9.17) is 0 Å². The molecule has 1 aromatic heterocycles. The minimum atomic E-state index is -3.49. The summed E-state index contributed by atoms with van der Waals surface area (Å²) in [6, 6.07) is 6.46. The Morgan fingerprint density at radius 1 is 1.10 bits per heavy atom. The molecule has 2 amide bonds. The number of thiazole rings is 1. The largest absolute Gasteiger partial charge is 0.342 e. The molecule has 1 heterocycles. The Balaban J connectivity index is 1.76. The first-order valence-electron chi connectivity index (χ1n) is 9.73. The molecule has 1 aliphatic rings. The molecule has 1 fully saturated rings. The monoisotopic (exact) mass is 450 g/mol. The fourth-order valence-electron chi connectivity index (χ4n) is 3.59. The zero-order valence-electron chi connectivity index (χ0n) is 17.3. The summed E-state index contributed by atoms with van der Waals surface area (Å²) < 4.78 is 25.6. The second-order valence-electron chi connectivity index (χ2n) is 7.63. The summed E-state index contributed by atoms with van der Waals surface area (Å²) in [5, 5.41) is 7.94. The van der Waals surface area contributed by atoms with Crippen LogP contribution in [0.5, 0.6) is 0 Å². The molecule has 0 radical (unpaired) electrons. The highest BCUT2D eigenvalue weighted by atomic mass is 32.2. The molecule has 1 saturated carbocycles. The Morgan fingerprint density at radius 2 is 1.73 bits per heavy atom. The standard InChI is InChI=1S/C20H26N4O4S2/c1-14(25)23-20(11-5-4-6-12-20)18(26)22-19-21-17(13-29-19)15-7-9-16(10-8-15)30(27,28)24(2)3/h7-10,13H,4-6,11-12H2,1-3H3,(H,23,25)(H,21,22,26). The van der Waals surface area contributed by atoms with Crippen molar-refractivity contribution in [1.29, 1.82) is 0 Å². The molecule has 2 aromatic rings. The topological polar surface area (TPSA) is 108 Å². The maximum Gasteiger partial charge on any atom is 0.251 e. The average molecular weight is 451 g/mol. The third-order valence-electron chi connectivity index (χ3n) is 5.21. The van der Waals surface area contributed by atoms with Gasteiger partial charge in [-0.1, -0.05) is 31.4 Å². The highest BCUT2D eigenvalue weighted by Gasteiger charge is 2.40. The molecule has 0 unspecified atom stereocenters. The molecule has 30 heavy (non-hydrogen) atoms. The van der Waals surface area contributed by atoms with E-state index in [0.29, 0.717) is 23.7 Å². The minimum absolute atomic E-state index is 0.203. The highest BCUT2D eigenvalue weighted by molar-refractivity contribution is 7.89. The number of carbonyl (C=O) groups is 2. The van der Waals surface area contributed by atoms with Gasteiger partial charge >= 0.3 is 0 Å². The number of sulfonamides is 1. The normalized spacial score (nSPS) is 16.3. The fraction of sp³-hybridized carbons (Fsp3) is 0.450. The molecule has 0 saturated heterocycles. The molecule has 2 N–H and O–H groups in total. The predicted molar refractivity (Wildman–Crippen MR) is 117 cm³/mol. The number of carbonyl (C=O) groups excluding carboxylic acids is 2. The lowest BCUT2D eigenvalue weighted by Gasteiger charge is -2.35. The summed E-state index contributed by atoms with van der Waals surface area (Å²) in [4.78, 5) is 29.3. The second-order valence-corrected chi connectivity index (χ2v) is 10.6. The van der Waals surface area contributed by atoms with Crippen molar-refractivity contribution in [3.63, 3.8) is 0 Å². The Morgan fingerprint density at radius 3 is 2.30 bits per heavy atom. The van der Waals surface area contributed by atoms with E-state index in [0.717, 1.165) is 29.1 Å². The van der Waals surface area contributed by atoms with Crippen LogP contribution in [0.1, 0.15) is 39.0 Å². The van der Waals surface area contributed by atoms with Crippen LogP contribution in [0.25, 0.3) is 11.3 Å². The molecule has 8 nitrogen and oxygen atoms in total. The number of hydrogen-bond acceptors (Lipinski definition) is 6. The summed E-state index contributed by atoms with van der Waals surface area (Å²) in [5.74, 6) is -0.467. The van der Waals surface area contributed by atoms with Crippen LogP contribution in [0, 0.1) is 0 Å². The summed E-state index contributed by atoms with van der Waals surface area (Å²) >= 11 is 1.29. The van der Waals surface area contributed by atoms with Crippen molar-refractivity contribution in [3.05, 3.63) is 29.6 Å². The van der Waals surface area contributed by atoms with Gasteiger partial charge in [0.2, 0.25) is 15.9 Å². The Bertz CT molecular complexity index is 1020. The molecule has 1 aromatic carbocycles. The van der Waals surface area contributed by atoms with Crippen LogP contribution in [-0.2, 0) is 19.6 Å². The smallest absolute Gasteiger partial charge is 0.251 e. The second kappa shape index (κ2) is 8.83. The van der Waals surface area contributed by atoms with Gasteiger partial charge in [0, 0.05) is 32.0 Å². The molecule has 0 atom stereocenters. The van der Waals surface area contributed by atoms with Crippen molar-refractivity contribution in [3.8, 4) is 11.3 Å². The van der Waals surface area contributed by atoms with Crippen LogP contribution < -0.4 is 10.6 Å². The lowest BCUT2D eigenvalue weighted by atomic mass is 9.81. The van der Waals surface area contributed by atoms with Gasteiger partial charge in [-0.05, 0) is 25.0 Å². The van der Waals surface area contributed by atoms with Gasteiger partial charge in [0.25, 0.3) is 5.91 Å². The number of benzene rings is 1. The molecular weight excluding hydrogens is 424 g/mol. The van der Waals surface area contributed by atoms with Gasteiger partial charge < -0.3 is 5.32 Å². The molecular formula is C20H26N4O4S2. The van der Waals surface area contributed by atoms with E-state index in [2.05, 4.69) is 15.6 Å². The molecule has 3 rings (SSSR count). The number of aromatic nitrogens is 1. The number of nitrogens with zero attached hydrogens (tertiary/aromatic N) is 2. The number of nitrogens with one attached hydrogen (secondary N) is 2. The number of amides is 2. The van der Waals surface area contributed by atoms with E-state index in [1.54, 1.807) is 17.5 Å². The average Bonchev–Trinajstić information content (AvgIpc) is 3.16. The number of hydrogen-bond donors (Lipinski definition) is 2. The van der Waals surface area contributed by atoms with E-state index in [1.807, 2.05) is 0 Å². The molecule has 162 valence electrons. The molecule has 0 spiro atoms. The van der Waals surface area contributed by atoms with E-state index < -0.39 is 15.6 Å². The van der Waals surface area contributed by atoms with Crippen LogP contribution >= 0.6 is 11.3 Å². The number of anilines is 1. The van der Waals surface area contributed by atoms with E-state index in [1.165, 1.54) is 44.5 Å². The lowest BCUT2D eigenvalue weighted by Crippen LogP contribution is -2.57. The maximum atomic E-state index is 13.0. The first-order valence-corrected chi connectivity index (χ1v) is 12.0. The Labute approximate surface area is 180 Å². The molecule has 0 bridgehead atoms. The first kappa shape index (κ1) is 22.4. The van der Waals surface area contributed by atoms with Gasteiger partial charge in [-0.25, -0.2) is 17.7 Å². The Hall–Kier alpha value is -2.30. The van der Waals surface area contributed by atoms with Crippen LogP contribution in [0.3, 0.4) is 0 Å². The zero-order valence-corrected chi connectivity index (χ0v) is 18.9. The van der Waals surface area contributed by atoms with E-state index in [9.17, 15) is 18.0 Å². The summed E-state index contributed by atoms with van der Waals surface area (Å²) in [6.45, 7) is 1.42. The van der Waals surface area contributed by atoms with Gasteiger partial charge in [-0.2, -0.15) is 0 Å². The summed E-state index contributed by atoms with van der Waals surface area (Å²) in [7, 11) is -0.522. The van der Waals surface area contributed by atoms with Crippen molar-refractivity contribution >= 4 is 38.3 Å². The van der Waals surface area contributed by atoms with Gasteiger partial charge in [-0.15, -0.1) is 11.3 Å². The molecule has 0 aliphatic heterocycles. The summed E-state index contributed by atoms with van der Waals surface area (Å²) in [6.07, 6.45) is 4.05. The van der Waals surface area contributed by atoms with Crippen molar-refractivity contribution in [2.45, 2.75) is 49.5 Å². The lowest BCUT2D eigenvalue weighted by molar-refractivity contribution is -0.130. The van der Waals surface area contributed by atoms with Crippen LogP contribution in [0.4, 0.5) is 5.13 Å². The van der Waals surface area contributed by atoms with Gasteiger partial charge in [-0.3, -0.25) is 14.9 Å². The third kappa shape index (κ3) is 4.71. The van der Waals surface area contributed by atoms with Gasteiger partial charge in [0.05, 0.1) is 10.6 Å². The van der Waals surface area contributed by atoms with Crippen LogP contribution in [-0.4, -0.2) is 49.2 Å². The van der Waals surface area contributed by atoms with Gasteiger partial charge in [0.1, 0.15) is 5.54 Å². The van der Waals surface area contributed by atoms with Gasteiger partial charge in [0.15, 0.2) is 5.13 Å². The highest BCUT2D eigenvalue weighted by Crippen LogP contribution is 2.31. The molecule has 10 heteroatoms. The SMILES string of the molecule is CC(=O)NC1(C(=O)Nc2nc(-c3ccc(S(=O)(=O)N(C)C)cc3)cs2)CCCCC1. The van der Waals surface area contributed by atoms with Crippen molar-refractivity contribution in [2.75, 3.05) is 19.4 Å². The predicted octanol–water partition coefficient (Wildman–Crippen LogP) is 2.84. The molecule has 1 aliphatic carbocycles. The van der Waals surface area contributed by atoms with Crippen LogP contribution in [0.2, 0.25) is 0 Å². The first-order chi connectivity index (χ1) is 14.1. The minimum Gasteiger partial charge on any atom is -0.342 e. The Kier molecular flexibility index (Phi) is 6.59. The van der Waals surface area contributed by atoms with E-state index in [-0.39, 0.29) is 16.7 Å². The third-order valence-corrected chi connectivity index (χ3v) is 7.80. The van der Waals surface area contributed by atoms with Crippen LogP contribution in [0.15, 0.2) is 34.5 Å². The fourth-order valence-corrected chi connectivity index (χ4v) is 5.21. The van der Waals surface area contributed by atoms with Crippen molar-refractivity contribution in [2.24, 2.45) is 0 Å². The van der Waals surface area contributed by atoms with Crippen molar-refractivity contribution in [1.82, 2.24) is 14.6 Å². The maximum absolute atomic E-state index is 13.0. The summed E-state index contributed by atoms with van der Waals surface area (Å²) in [5.41, 5.74) is 0.498. The number of rotatable bonds is 6. The quantitative estimate of drug-likeness (QED) is 0.703. The van der Waals surface area contributed by atoms with E-state index >= 15 is 0 Å².